The summed E-state index contributed by atoms with van der Waals surface area (Å²) in [4.78, 5) is 11.9. The van der Waals surface area contributed by atoms with Crippen molar-refractivity contribution in [1.82, 2.24) is 0 Å². The van der Waals surface area contributed by atoms with Crippen LogP contribution in [-0.4, -0.2) is 18.3 Å². The summed E-state index contributed by atoms with van der Waals surface area (Å²) in [6, 6.07) is 7.35. The minimum atomic E-state index is -1.11. The first kappa shape index (κ1) is 14.2. The zero-order valence-corrected chi connectivity index (χ0v) is 12.1. The number of nitrogens with one attached hydrogen (secondary N) is 2. The van der Waals surface area contributed by atoms with Gasteiger partial charge in [0.25, 0.3) is 0 Å². The zero-order valence-electron chi connectivity index (χ0n) is 11.3. The molecule has 0 bridgehead atoms. The molecule has 0 atom stereocenters. The highest BCUT2D eigenvalue weighted by atomic mass is 32.1. The second-order valence-electron chi connectivity index (χ2n) is 4.23. The number of thiophene rings is 1. The summed E-state index contributed by atoms with van der Waals surface area (Å²) >= 11 is 1.71. The lowest BCUT2D eigenvalue weighted by atomic mass is 10.2. The van der Waals surface area contributed by atoms with Crippen LogP contribution in [0.4, 0.5) is 16.2 Å². The first-order valence-corrected chi connectivity index (χ1v) is 6.93. The third-order valence-electron chi connectivity index (χ3n) is 2.86. The second kappa shape index (κ2) is 6.29. The molecule has 6 heteroatoms. The van der Waals surface area contributed by atoms with E-state index in [0.717, 1.165) is 12.2 Å². The number of aryl methyl sites for hydroxylation is 1. The van der Waals surface area contributed by atoms with Crippen molar-refractivity contribution in [2.75, 3.05) is 17.7 Å². The quantitative estimate of drug-likeness (QED) is 0.784. The number of carboxylic acid groups (broad SMARTS) is 1. The van der Waals surface area contributed by atoms with Crippen LogP contribution in [0.15, 0.2) is 29.6 Å². The van der Waals surface area contributed by atoms with Gasteiger partial charge in [0, 0.05) is 23.2 Å². The smallest absolute Gasteiger partial charge is 0.409 e. The number of amides is 1. The predicted molar refractivity (Wildman–Crippen MR) is 81.0 cm³/mol. The topological polar surface area (TPSA) is 70.6 Å². The van der Waals surface area contributed by atoms with E-state index in [1.54, 1.807) is 23.5 Å². The lowest BCUT2D eigenvalue weighted by Gasteiger charge is -2.11. The van der Waals surface area contributed by atoms with Gasteiger partial charge >= 0.3 is 6.09 Å². The number of rotatable bonds is 5. The van der Waals surface area contributed by atoms with E-state index in [-0.39, 0.29) is 0 Å². The molecule has 0 aliphatic rings. The van der Waals surface area contributed by atoms with Gasteiger partial charge < -0.3 is 15.2 Å². The van der Waals surface area contributed by atoms with Gasteiger partial charge in [-0.3, -0.25) is 5.32 Å². The molecule has 0 radical (unpaired) electrons. The van der Waals surface area contributed by atoms with Gasteiger partial charge in [-0.1, -0.05) is 0 Å². The Labute approximate surface area is 121 Å². The SMILES string of the molecule is COc1cc(NCc2sccc2C)ccc1NC(=O)O. The summed E-state index contributed by atoms with van der Waals surface area (Å²) in [5.74, 6) is 0.486. The molecule has 1 aromatic heterocycles. The predicted octanol–water partition coefficient (Wildman–Crippen LogP) is 3.77. The summed E-state index contributed by atoms with van der Waals surface area (Å²) < 4.78 is 5.18. The largest absolute Gasteiger partial charge is 0.494 e. The fourth-order valence-corrected chi connectivity index (χ4v) is 2.63. The molecule has 0 aliphatic heterocycles. The van der Waals surface area contributed by atoms with E-state index in [2.05, 4.69) is 29.0 Å². The summed E-state index contributed by atoms with van der Waals surface area (Å²) in [5.41, 5.74) is 2.57. The van der Waals surface area contributed by atoms with E-state index >= 15 is 0 Å². The normalized spacial score (nSPS) is 10.1. The molecule has 1 amide bonds. The van der Waals surface area contributed by atoms with Crippen LogP contribution >= 0.6 is 11.3 Å². The van der Waals surface area contributed by atoms with Crippen LogP contribution < -0.4 is 15.4 Å². The zero-order chi connectivity index (χ0) is 14.5. The first-order chi connectivity index (χ1) is 9.60. The number of hydrogen-bond donors (Lipinski definition) is 3. The Morgan fingerprint density at radius 3 is 2.80 bits per heavy atom. The fourth-order valence-electron chi connectivity index (χ4n) is 1.79. The van der Waals surface area contributed by atoms with Crippen LogP contribution in [0.25, 0.3) is 0 Å². The summed E-state index contributed by atoms with van der Waals surface area (Å²) in [7, 11) is 1.51. The van der Waals surface area contributed by atoms with Crippen LogP contribution in [0.5, 0.6) is 5.75 Å². The molecule has 1 heterocycles. The molecule has 106 valence electrons. The average molecular weight is 292 g/mol. The van der Waals surface area contributed by atoms with Gasteiger partial charge in [0.1, 0.15) is 5.75 Å². The maximum atomic E-state index is 10.7. The number of anilines is 2. The van der Waals surface area contributed by atoms with Crippen molar-refractivity contribution in [2.45, 2.75) is 13.5 Å². The Kier molecular flexibility index (Phi) is 4.47. The molecule has 1 aromatic carbocycles. The molecule has 20 heavy (non-hydrogen) atoms. The molecule has 0 aliphatic carbocycles. The Morgan fingerprint density at radius 2 is 2.20 bits per heavy atom. The minimum absolute atomic E-state index is 0.429. The Balaban J connectivity index is 2.09. The summed E-state index contributed by atoms with van der Waals surface area (Å²) in [6.07, 6.45) is -1.11. The molecule has 0 saturated heterocycles. The van der Waals surface area contributed by atoms with Crippen molar-refractivity contribution < 1.29 is 14.6 Å². The van der Waals surface area contributed by atoms with E-state index in [0.29, 0.717) is 11.4 Å². The number of carbonyl (C=O) groups is 1. The van der Waals surface area contributed by atoms with Gasteiger partial charge in [0.2, 0.25) is 0 Å². The van der Waals surface area contributed by atoms with Crippen molar-refractivity contribution >= 4 is 28.8 Å². The molecular formula is C14H16N2O3S. The van der Waals surface area contributed by atoms with E-state index in [1.165, 1.54) is 17.6 Å². The van der Waals surface area contributed by atoms with Crippen LogP contribution in [0.1, 0.15) is 10.4 Å². The van der Waals surface area contributed by atoms with Crippen molar-refractivity contribution in [2.24, 2.45) is 0 Å². The number of methoxy groups -OCH3 is 1. The third-order valence-corrected chi connectivity index (χ3v) is 3.89. The molecule has 0 fully saturated rings. The molecule has 0 spiro atoms. The molecule has 0 saturated carbocycles. The van der Waals surface area contributed by atoms with Crippen LogP contribution in [0.3, 0.4) is 0 Å². The van der Waals surface area contributed by atoms with E-state index in [9.17, 15) is 4.79 Å². The lowest BCUT2D eigenvalue weighted by Crippen LogP contribution is -2.08. The van der Waals surface area contributed by atoms with Crippen LogP contribution in [0.2, 0.25) is 0 Å². The van der Waals surface area contributed by atoms with Gasteiger partial charge in [-0.2, -0.15) is 0 Å². The van der Waals surface area contributed by atoms with Crippen molar-refractivity contribution in [3.05, 3.63) is 40.1 Å². The van der Waals surface area contributed by atoms with Crippen LogP contribution in [-0.2, 0) is 6.54 Å². The highest BCUT2D eigenvalue weighted by molar-refractivity contribution is 7.10. The second-order valence-corrected chi connectivity index (χ2v) is 5.23. The van der Waals surface area contributed by atoms with Crippen molar-refractivity contribution in [3.63, 3.8) is 0 Å². The van der Waals surface area contributed by atoms with Gasteiger partial charge in [-0.05, 0) is 36.1 Å². The molecule has 2 rings (SSSR count). The summed E-state index contributed by atoms with van der Waals surface area (Å²) in [6.45, 7) is 2.81. The van der Waals surface area contributed by atoms with Gasteiger partial charge in [-0.25, -0.2) is 4.79 Å². The Morgan fingerprint density at radius 1 is 1.40 bits per heavy atom. The third kappa shape index (κ3) is 3.42. The molecule has 3 N–H and O–H groups in total. The monoisotopic (exact) mass is 292 g/mol. The van der Waals surface area contributed by atoms with Gasteiger partial charge in [-0.15, -0.1) is 11.3 Å². The van der Waals surface area contributed by atoms with E-state index in [1.807, 2.05) is 6.07 Å². The van der Waals surface area contributed by atoms with E-state index < -0.39 is 6.09 Å². The highest BCUT2D eigenvalue weighted by Gasteiger charge is 2.07. The number of hydrogen-bond acceptors (Lipinski definition) is 4. The van der Waals surface area contributed by atoms with E-state index in [4.69, 9.17) is 9.84 Å². The standard InChI is InChI=1S/C14H16N2O3S/c1-9-5-6-20-13(9)8-15-10-3-4-11(16-14(17)18)12(7-10)19-2/h3-7,15-16H,8H2,1-2H3,(H,17,18). The van der Waals surface area contributed by atoms with Crippen LogP contribution in [0, 0.1) is 6.92 Å². The molecule has 5 nitrogen and oxygen atoms in total. The van der Waals surface area contributed by atoms with Gasteiger partial charge in [0.15, 0.2) is 0 Å². The minimum Gasteiger partial charge on any atom is -0.494 e. The molecule has 0 unspecified atom stereocenters. The number of benzene rings is 1. The average Bonchev–Trinajstić information content (AvgIpc) is 2.82. The Bertz CT molecular complexity index is 610. The fraction of sp³-hybridized carbons (Fsp3) is 0.214. The first-order valence-electron chi connectivity index (χ1n) is 6.05. The van der Waals surface area contributed by atoms with Crippen molar-refractivity contribution in [1.29, 1.82) is 0 Å². The molecule has 2 aromatic rings. The van der Waals surface area contributed by atoms with Crippen molar-refractivity contribution in [3.8, 4) is 5.75 Å². The maximum absolute atomic E-state index is 10.7. The summed E-state index contributed by atoms with van der Waals surface area (Å²) in [5, 5.41) is 16.4. The Hall–Kier alpha value is -2.21. The maximum Gasteiger partial charge on any atom is 0.409 e. The molecular weight excluding hydrogens is 276 g/mol. The lowest BCUT2D eigenvalue weighted by molar-refractivity contribution is 0.209. The highest BCUT2D eigenvalue weighted by Crippen LogP contribution is 2.28. The van der Waals surface area contributed by atoms with Gasteiger partial charge in [0.05, 0.1) is 12.8 Å². The number of ether oxygens (including phenoxy) is 1.